The van der Waals surface area contributed by atoms with Crippen LogP contribution in [0, 0.1) is 11.8 Å². The van der Waals surface area contributed by atoms with Crippen LogP contribution in [0.15, 0.2) is 24.3 Å². The lowest BCUT2D eigenvalue weighted by atomic mass is 10.3. The zero-order valence-corrected chi connectivity index (χ0v) is 11.2. The van der Waals surface area contributed by atoms with E-state index in [1.807, 2.05) is 6.92 Å². The van der Waals surface area contributed by atoms with Crippen molar-refractivity contribution in [3.63, 3.8) is 0 Å². The molecule has 0 aromatic heterocycles. The van der Waals surface area contributed by atoms with Crippen molar-refractivity contribution in [2.75, 3.05) is 19.7 Å². The van der Waals surface area contributed by atoms with Crippen molar-refractivity contribution in [3.8, 4) is 17.6 Å². The van der Waals surface area contributed by atoms with Gasteiger partial charge in [0, 0.05) is 24.5 Å². The van der Waals surface area contributed by atoms with Crippen LogP contribution in [-0.2, 0) is 0 Å². The van der Waals surface area contributed by atoms with Gasteiger partial charge in [-0.05, 0) is 31.2 Å². The average Bonchev–Trinajstić information content (AvgIpc) is 2.38. The molecule has 98 valence electrons. The van der Waals surface area contributed by atoms with Gasteiger partial charge in [0.25, 0.3) is 0 Å². The predicted octanol–water partition coefficient (Wildman–Crippen LogP) is 2.08. The Labute approximate surface area is 113 Å². The Morgan fingerprint density at radius 2 is 2.11 bits per heavy atom. The average molecular weight is 268 g/mol. The first kappa shape index (κ1) is 14.8. The van der Waals surface area contributed by atoms with Gasteiger partial charge in [0.1, 0.15) is 18.5 Å². The fraction of sp³-hybridized carbons (Fsp3) is 0.429. The maximum Gasteiger partial charge on any atom is 0.119 e. The molecule has 4 heteroatoms. The summed E-state index contributed by atoms with van der Waals surface area (Å²) in [6, 6.07) is 7.06. The molecule has 2 N–H and O–H groups in total. The van der Waals surface area contributed by atoms with Crippen molar-refractivity contribution >= 4 is 11.6 Å². The Morgan fingerprint density at radius 3 is 2.78 bits per heavy atom. The third-order valence-electron chi connectivity index (χ3n) is 2.24. The minimum atomic E-state index is -0.532. The van der Waals surface area contributed by atoms with E-state index in [9.17, 15) is 5.11 Å². The zero-order valence-electron chi connectivity index (χ0n) is 10.4. The van der Waals surface area contributed by atoms with Crippen LogP contribution >= 0.6 is 11.6 Å². The summed E-state index contributed by atoms with van der Waals surface area (Å²) in [6.45, 7) is 3.35. The molecule has 0 amide bonds. The molecule has 0 aliphatic heterocycles. The molecule has 0 spiro atoms. The molecule has 1 rings (SSSR count). The first-order valence-corrected chi connectivity index (χ1v) is 6.27. The van der Waals surface area contributed by atoms with Gasteiger partial charge in [0.15, 0.2) is 0 Å². The monoisotopic (exact) mass is 267 g/mol. The van der Waals surface area contributed by atoms with Gasteiger partial charge in [0.05, 0.1) is 0 Å². The Kier molecular flexibility index (Phi) is 7.28. The predicted molar refractivity (Wildman–Crippen MR) is 73.9 cm³/mol. The maximum atomic E-state index is 9.67. The molecule has 0 fully saturated rings. The lowest BCUT2D eigenvalue weighted by Gasteiger charge is -2.12. The van der Waals surface area contributed by atoms with Gasteiger partial charge in [-0.3, -0.25) is 0 Å². The molecule has 3 nitrogen and oxygen atoms in total. The van der Waals surface area contributed by atoms with Crippen LogP contribution in [0.4, 0.5) is 0 Å². The van der Waals surface area contributed by atoms with Gasteiger partial charge in [0.2, 0.25) is 0 Å². The number of hydrogen-bond donors (Lipinski definition) is 2. The van der Waals surface area contributed by atoms with Gasteiger partial charge < -0.3 is 15.2 Å². The van der Waals surface area contributed by atoms with Gasteiger partial charge >= 0.3 is 0 Å². The number of aliphatic hydroxyl groups is 1. The highest BCUT2D eigenvalue weighted by Gasteiger charge is 2.04. The van der Waals surface area contributed by atoms with Crippen molar-refractivity contribution in [2.24, 2.45) is 0 Å². The molecular formula is C14H18ClNO2. The van der Waals surface area contributed by atoms with Crippen molar-refractivity contribution in [1.82, 2.24) is 5.32 Å². The Bertz CT molecular complexity index is 394. The maximum absolute atomic E-state index is 9.67. The molecule has 18 heavy (non-hydrogen) atoms. The minimum Gasteiger partial charge on any atom is -0.491 e. The fourth-order valence-corrected chi connectivity index (χ4v) is 1.45. The highest BCUT2D eigenvalue weighted by molar-refractivity contribution is 6.30. The van der Waals surface area contributed by atoms with Gasteiger partial charge in [-0.2, -0.15) is 0 Å². The van der Waals surface area contributed by atoms with Gasteiger partial charge in [-0.15, -0.1) is 11.8 Å². The second-order valence-electron chi connectivity index (χ2n) is 3.80. The molecule has 0 heterocycles. The van der Waals surface area contributed by atoms with E-state index in [4.69, 9.17) is 16.3 Å². The number of halogens is 1. The summed E-state index contributed by atoms with van der Waals surface area (Å²) in [4.78, 5) is 0. The zero-order chi connectivity index (χ0) is 13.2. The third kappa shape index (κ3) is 6.51. The van der Waals surface area contributed by atoms with Crippen molar-refractivity contribution in [3.05, 3.63) is 29.3 Å². The van der Waals surface area contributed by atoms with E-state index in [0.717, 1.165) is 13.0 Å². The summed E-state index contributed by atoms with van der Waals surface area (Å²) in [5.41, 5.74) is 0. The highest BCUT2D eigenvalue weighted by atomic mass is 35.5. The molecule has 0 saturated heterocycles. The molecule has 0 aliphatic rings. The highest BCUT2D eigenvalue weighted by Crippen LogP contribution is 2.15. The van der Waals surface area contributed by atoms with E-state index in [-0.39, 0.29) is 6.61 Å². The number of nitrogens with one attached hydrogen (secondary N) is 1. The lowest BCUT2D eigenvalue weighted by molar-refractivity contribution is 0.107. The molecule has 0 saturated carbocycles. The first-order chi connectivity index (χ1) is 8.72. The molecule has 1 atom stereocenters. The molecule has 0 aliphatic carbocycles. The number of rotatable bonds is 7. The van der Waals surface area contributed by atoms with Crippen LogP contribution in [-0.4, -0.2) is 30.9 Å². The van der Waals surface area contributed by atoms with E-state index >= 15 is 0 Å². The van der Waals surface area contributed by atoms with Crippen LogP contribution in [0.1, 0.15) is 13.3 Å². The number of hydrogen-bond acceptors (Lipinski definition) is 3. The summed E-state index contributed by atoms with van der Waals surface area (Å²) in [5.74, 6) is 6.47. The molecular weight excluding hydrogens is 250 g/mol. The van der Waals surface area contributed by atoms with Crippen molar-refractivity contribution in [2.45, 2.75) is 19.4 Å². The summed E-state index contributed by atoms with van der Waals surface area (Å²) >= 11 is 5.76. The van der Waals surface area contributed by atoms with E-state index in [2.05, 4.69) is 17.2 Å². The molecule has 0 bridgehead atoms. The normalized spacial score (nSPS) is 11.5. The van der Waals surface area contributed by atoms with Crippen LogP contribution in [0.3, 0.4) is 0 Å². The molecule has 1 aromatic carbocycles. The van der Waals surface area contributed by atoms with Crippen molar-refractivity contribution < 1.29 is 9.84 Å². The van der Waals surface area contributed by atoms with Crippen LogP contribution < -0.4 is 10.1 Å². The van der Waals surface area contributed by atoms with Crippen molar-refractivity contribution in [1.29, 1.82) is 0 Å². The number of benzene rings is 1. The summed E-state index contributed by atoms with van der Waals surface area (Å²) < 4.78 is 5.42. The summed E-state index contributed by atoms with van der Waals surface area (Å²) in [5, 5.41) is 13.5. The van der Waals surface area contributed by atoms with E-state index in [1.54, 1.807) is 24.3 Å². The molecule has 0 radical (unpaired) electrons. The van der Waals surface area contributed by atoms with E-state index < -0.39 is 6.10 Å². The minimum absolute atomic E-state index is 0.258. The van der Waals surface area contributed by atoms with E-state index in [1.165, 1.54) is 0 Å². The van der Waals surface area contributed by atoms with Crippen LogP contribution in [0.5, 0.6) is 5.75 Å². The quantitative estimate of drug-likeness (QED) is 0.587. The Morgan fingerprint density at radius 1 is 1.39 bits per heavy atom. The second kappa shape index (κ2) is 8.82. The number of aliphatic hydroxyl groups excluding tert-OH is 1. The Hall–Kier alpha value is -1.21. The second-order valence-corrected chi connectivity index (χ2v) is 4.24. The fourth-order valence-electron chi connectivity index (χ4n) is 1.33. The van der Waals surface area contributed by atoms with Crippen LogP contribution in [0.25, 0.3) is 0 Å². The van der Waals surface area contributed by atoms with Gasteiger partial charge in [-0.25, -0.2) is 0 Å². The van der Waals surface area contributed by atoms with Gasteiger partial charge in [-0.1, -0.05) is 11.6 Å². The summed E-state index contributed by atoms with van der Waals surface area (Å²) in [7, 11) is 0. The smallest absolute Gasteiger partial charge is 0.119 e. The van der Waals surface area contributed by atoms with Crippen LogP contribution in [0.2, 0.25) is 5.02 Å². The lowest BCUT2D eigenvalue weighted by Crippen LogP contribution is -2.31. The number of ether oxygens (including phenoxy) is 1. The largest absolute Gasteiger partial charge is 0.491 e. The summed E-state index contributed by atoms with van der Waals surface area (Å²) in [6.07, 6.45) is 0.261. The Balaban J connectivity index is 2.14. The topological polar surface area (TPSA) is 41.5 Å². The SMILES string of the molecule is CC#CCCNCC(O)COc1ccc(Cl)cc1. The van der Waals surface area contributed by atoms with E-state index in [0.29, 0.717) is 17.3 Å². The third-order valence-corrected chi connectivity index (χ3v) is 2.49. The molecule has 1 aromatic rings. The standard InChI is InChI=1S/C14H18ClNO2/c1-2-3-4-9-16-10-13(17)11-18-14-7-5-12(15)6-8-14/h5-8,13,16-17H,4,9-11H2,1H3. The molecule has 1 unspecified atom stereocenters. The first-order valence-electron chi connectivity index (χ1n) is 5.89.